The first-order valence-corrected chi connectivity index (χ1v) is 9.77. The lowest BCUT2D eigenvalue weighted by atomic mass is 9.73. The summed E-state index contributed by atoms with van der Waals surface area (Å²) in [4.78, 5) is 26.5. The zero-order valence-corrected chi connectivity index (χ0v) is 15.5. The molecule has 27 heavy (non-hydrogen) atoms. The molecule has 3 saturated heterocycles. The number of carbonyl (C=O) groups excluding carboxylic acids is 2. The van der Waals surface area contributed by atoms with Crippen molar-refractivity contribution < 1.29 is 18.7 Å². The highest BCUT2D eigenvalue weighted by atomic mass is 19.1. The molecule has 3 heterocycles. The minimum Gasteiger partial charge on any atom is -0.369 e. The van der Waals surface area contributed by atoms with Crippen molar-refractivity contribution in [3.05, 3.63) is 35.6 Å². The van der Waals surface area contributed by atoms with Crippen molar-refractivity contribution in [2.45, 2.75) is 37.9 Å². The van der Waals surface area contributed by atoms with Crippen molar-refractivity contribution in [1.29, 1.82) is 0 Å². The van der Waals surface area contributed by atoms with Crippen LogP contribution < -0.4 is 10.6 Å². The van der Waals surface area contributed by atoms with E-state index in [-0.39, 0.29) is 35.1 Å². The van der Waals surface area contributed by atoms with Crippen LogP contribution in [0.4, 0.5) is 9.18 Å². The highest BCUT2D eigenvalue weighted by molar-refractivity contribution is 5.94. The highest BCUT2D eigenvalue weighted by Gasteiger charge is 2.63. The van der Waals surface area contributed by atoms with Gasteiger partial charge in [-0.05, 0) is 31.4 Å². The second-order valence-electron chi connectivity index (χ2n) is 7.83. The molecule has 0 radical (unpaired) electrons. The van der Waals surface area contributed by atoms with Gasteiger partial charge in [0.15, 0.2) is 0 Å². The van der Waals surface area contributed by atoms with Crippen molar-refractivity contribution in [3.63, 3.8) is 0 Å². The second-order valence-corrected chi connectivity index (χ2v) is 7.83. The Morgan fingerprint density at radius 3 is 2.93 bits per heavy atom. The van der Waals surface area contributed by atoms with E-state index in [2.05, 4.69) is 10.6 Å². The van der Waals surface area contributed by atoms with Crippen LogP contribution in [-0.2, 0) is 4.74 Å². The van der Waals surface area contributed by atoms with E-state index in [4.69, 9.17) is 4.74 Å². The molecule has 3 fully saturated rings. The predicted molar refractivity (Wildman–Crippen MR) is 97.8 cm³/mol. The van der Waals surface area contributed by atoms with Crippen molar-refractivity contribution in [3.8, 4) is 0 Å². The van der Waals surface area contributed by atoms with Crippen molar-refractivity contribution >= 4 is 11.9 Å². The number of amides is 3. The minimum absolute atomic E-state index is 0.0400. The number of hydrogen-bond donors (Lipinski definition) is 2. The van der Waals surface area contributed by atoms with Crippen LogP contribution in [0.25, 0.3) is 0 Å². The van der Waals surface area contributed by atoms with Crippen molar-refractivity contribution in [2.24, 2.45) is 11.8 Å². The third kappa shape index (κ3) is 3.18. The van der Waals surface area contributed by atoms with Crippen LogP contribution in [0.1, 0.15) is 36.5 Å². The standard InChI is InChI=1S/C20H26FN3O3/c1-2-9-22-19(26)24-11-15-14(17-7-8-20(15,12-24)27-17)10-23-18(25)13-5-3-4-6-16(13)21/h3-6,14-15,17H,2,7-12H2,1H3,(H,22,26)(H,23,25)/t14-,15+,17+,20+/m0/s1. The minimum atomic E-state index is -0.518. The molecular weight excluding hydrogens is 349 g/mol. The van der Waals surface area contributed by atoms with Crippen LogP contribution in [0, 0.1) is 17.7 Å². The number of halogens is 1. The Kier molecular flexibility index (Phi) is 4.80. The van der Waals surface area contributed by atoms with E-state index in [1.807, 2.05) is 11.8 Å². The van der Waals surface area contributed by atoms with E-state index in [0.29, 0.717) is 26.2 Å². The third-order valence-corrected chi connectivity index (χ3v) is 6.21. The molecule has 1 spiro atoms. The summed E-state index contributed by atoms with van der Waals surface area (Å²) in [5.74, 6) is -0.557. The fourth-order valence-electron chi connectivity index (χ4n) is 4.91. The summed E-state index contributed by atoms with van der Waals surface area (Å²) in [5, 5.41) is 5.81. The highest BCUT2D eigenvalue weighted by Crippen LogP contribution is 2.54. The molecule has 0 aromatic heterocycles. The molecule has 7 heteroatoms. The van der Waals surface area contributed by atoms with Crippen LogP contribution in [0.2, 0.25) is 0 Å². The maximum atomic E-state index is 13.8. The quantitative estimate of drug-likeness (QED) is 0.829. The summed E-state index contributed by atoms with van der Waals surface area (Å²) in [6.45, 7) is 4.39. The molecule has 2 bridgehead atoms. The van der Waals surface area contributed by atoms with Gasteiger partial charge in [-0.1, -0.05) is 19.1 Å². The Morgan fingerprint density at radius 2 is 2.15 bits per heavy atom. The third-order valence-electron chi connectivity index (χ3n) is 6.21. The van der Waals surface area contributed by atoms with Gasteiger partial charge in [0.25, 0.3) is 5.91 Å². The number of benzene rings is 1. The normalized spacial score (nSPS) is 31.0. The van der Waals surface area contributed by atoms with E-state index in [1.54, 1.807) is 12.1 Å². The van der Waals surface area contributed by atoms with Crippen molar-refractivity contribution in [1.82, 2.24) is 15.5 Å². The van der Waals surface area contributed by atoms with Gasteiger partial charge < -0.3 is 20.3 Å². The molecule has 4 rings (SSSR count). The number of nitrogens with one attached hydrogen (secondary N) is 2. The summed E-state index contributed by atoms with van der Waals surface area (Å²) >= 11 is 0. The van der Waals surface area contributed by atoms with Gasteiger partial charge in [-0.25, -0.2) is 9.18 Å². The first-order valence-electron chi connectivity index (χ1n) is 9.77. The van der Waals surface area contributed by atoms with Gasteiger partial charge >= 0.3 is 6.03 Å². The molecule has 146 valence electrons. The number of hydrogen-bond acceptors (Lipinski definition) is 3. The van der Waals surface area contributed by atoms with E-state index in [0.717, 1.165) is 19.3 Å². The number of likely N-dealkylation sites (tertiary alicyclic amines) is 1. The molecular formula is C20H26FN3O3. The van der Waals surface area contributed by atoms with Gasteiger partial charge in [-0.15, -0.1) is 0 Å². The SMILES string of the molecule is CCCNC(=O)N1C[C@@H]2[C@H](CNC(=O)c3ccccc3F)[C@H]3CC[C@]2(C1)O3. The van der Waals surface area contributed by atoms with Gasteiger partial charge in [0.05, 0.1) is 23.8 Å². The van der Waals surface area contributed by atoms with E-state index >= 15 is 0 Å². The summed E-state index contributed by atoms with van der Waals surface area (Å²) < 4.78 is 20.1. The van der Waals surface area contributed by atoms with E-state index < -0.39 is 11.7 Å². The maximum Gasteiger partial charge on any atom is 0.317 e. The molecule has 3 aliphatic rings. The van der Waals surface area contributed by atoms with Gasteiger partial charge in [0.1, 0.15) is 5.82 Å². The first-order chi connectivity index (χ1) is 13.0. The zero-order chi connectivity index (χ0) is 19.0. The molecule has 1 aromatic carbocycles. The smallest absolute Gasteiger partial charge is 0.317 e. The van der Waals surface area contributed by atoms with Gasteiger partial charge in [0, 0.05) is 31.5 Å². The van der Waals surface area contributed by atoms with Crippen LogP contribution >= 0.6 is 0 Å². The summed E-state index contributed by atoms with van der Waals surface area (Å²) in [6.07, 6.45) is 2.91. The van der Waals surface area contributed by atoms with Crippen LogP contribution in [0.5, 0.6) is 0 Å². The van der Waals surface area contributed by atoms with Gasteiger partial charge in [-0.3, -0.25) is 4.79 Å². The number of nitrogens with zero attached hydrogens (tertiary/aromatic N) is 1. The molecule has 3 aliphatic heterocycles. The summed E-state index contributed by atoms with van der Waals surface area (Å²) in [5.41, 5.74) is -0.218. The number of rotatable bonds is 5. The average molecular weight is 375 g/mol. The van der Waals surface area contributed by atoms with E-state index in [9.17, 15) is 14.0 Å². The molecule has 0 saturated carbocycles. The first kappa shape index (κ1) is 18.2. The zero-order valence-electron chi connectivity index (χ0n) is 15.5. The Balaban J connectivity index is 1.40. The van der Waals surface area contributed by atoms with Crippen LogP contribution in [0.15, 0.2) is 24.3 Å². The predicted octanol–water partition coefficient (Wildman–Crippen LogP) is 2.15. The Hall–Kier alpha value is -2.15. The Bertz CT molecular complexity index is 743. The summed E-state index contributed by atoms with van der Waals surface area (Å²) in [6, 6.07) is 5.95. The van der Waals surface area contributed by atoms with Crippen LogP contribution in [0.3, 0.4) is 0 Å². The Labute approximate surface area is 158 Å². The maximum absolute atomic E-state index is 13.8. The Morgan fingerprint density at radius 1 is 1.33 bits per heavy atom. The molecule has 0 unspecified atom stereocenters. The molecule has 1 aromatic rings. The number of ether oxygens (including phenoxy) is 1. The van der Waals surface area contributed by atoms with Gasteiger partial charge in [0.2, 0.25) is 0 Å². The lowest BCUT2D eigenvalue weighted by molar-refractivity contribution is 0.00554. The molecule has 4 atom stereocenters. The molecule has 6 nitrogen and oxygen atoms in total. The fraction of sp³-hybridized carbons (Fsp3) is 0.600. The van der Waals surface area contributed by atoms with Gasteiger partial charge in [-0.2, -0.15) is 0 Å². The van der Waals surface area contributed by atoms with Crippen molar-refractivity contribution in [2.75, 3.05) is 26.2 Å². The van der Waals surface area contributed by atoms with E-state index in [1.165, 1.54) is 12.1 Å². The van der Waals surface area contributed by atoms with Crippen LogP contribution in [-0.4, -0.2) is 54.7 Å². The fourth-order valence-corrected chi connectivity index (χ4v) is 4.91. The molecule has 0 aliphatic carbocycles. The summed E-state index contributed by atoms with van der Waals surface area (Å²) in [7, 11) is 0. The topological polar surface area (TPSA) is 70.7 Å². The monoisotopic (exact) mass is 375 g/mol. The molecule has 2 N–H and O–H groups in total. The number of carbonyl (C=O) groups is 2. The number of fused-ring (bicyclic) bond motifs is 1. The average Bonchev–Trinajstić information content (AvgIpc) is 3.33. The lowest BCUT2D eigenvalue weighted by Gasteiger charge is -2.29. The lowest BCUT2D eigenvalue weighted by Crippen LogP contribution is -2.42. The molecule has 3 amide bonds. The second kappa shape index (κ2) is 7.11. The number of urea groups is 1. The largest absolute Gasteiger partial charge is 0.369 e.